The van der Waals surface area contributed by atoms with Gasteiger partial charge in [-0.05, 0) is 30.2 Å². The van der Waals surface area contributed by atoms with Crippen molar-refractivity contribution in [3.8, 4) is 0 Å². The summed E-state index contributed by atoms with van der Waals surface area (Å²) >= 11 is 0. The second-order valence-corrected chi connectivity index (χ2v) is 6.81. The molecule has 0 radical (unpaired) electrons. The van der Waals surface area contributed by atoms with E-state index in [0.717, 1.165) is 17.6 Å². The molecular formula is C21H23N5O2. The molecule has 0 saturated heterocycles. The fourth-order valence-corrected chi connectivity index (χ4v) is 2.80. The van der Waals surface area contributed by atoms with Crippen molar-refractivity contribution in [1.82, 2.24) is 20.3 Å². The molecule has 0 unspecified atom stereocenters. The minimum Gasteiger partial charge on any atom is -0.343 e. The minimum absolute atomic E-state index is 0.159. The van der Waals surface area contributed by atoms with Gasteiger partial charge < -0.3 is 9.88 Å². The highest BCUT2D eigenvalue weighted by atomic mass is 16.2. The van der Waals surface area contributed by atoms with Crippen LogP contribution in [0.4, 0.5) is 0 Å². The predicted molar refractivity (Wildman–Crippen MR) is 109 cm³/mol. The summed E-state index contributed by atoms with van der Waals surface area (Å²) in [7, 11) is 0. The van der Waals surface area contributed by atoms with Crippen LogP contribution in [0.5, 0.6) is 0 Å². The van der Waals surface area contributed by atoms with E-state index in [1.165, 1.54) is 6.21 Å². The number of fused-ring (bicyclic) bond motifs is 1. The second kappa shape index (κ2) is 8.94. The fourth-order valence-electron chi connectivity index (χ4n) is 2.80. The quantitative estimate of drug-likeness (QED) is 0.490. The van der Waals surface area contributed by atoms with Crippen molar-refractivity contribution in [3.63, 3.8) is 0 Å². The lowest BCUT2D eigenvalue weighted by Gasteiger charge is -2.09. The summed E-state index contributed by atoms with van der Waals surface area (Å²) in [6.07, 6.45) is 1.53. The number of carbonyl (C=O) groups excluding carboxylic acids is 2. The van der Waals surface area contributed by atoms with Gasteiger partial charge in [0, 0.05) is 12.1 Å². The summed E-state index contributed by atoms with van der Waals surface area (Å²) in [6, 6.07) is 16.6. The number of nitrogens with zero attached hydrogens (tertiary/aromatic N) is 3. The Hall–Kier alpha value is -3.48. The van der Waals surface area contributed by atoms with Gasteiger partial charge in [0.05, 0.1) is 23.8 Å². The van der Waals surface area contributed by atoms with Gasteiger partial charge in [0.1, 0.15) is 0 Å². The molecule has 3 rings (SSSR count). The molecule has 0 aliphatic rings. The maximum absolute atomic E-state index is 11.9. The summed E-state index contributed by atoms with van der Waals surface area (Å²) < 4.78 is 2.08. The molecule has 0 aliphatic carbocycles. The SMILES string of the molecule is CC(C)Cn1c(C=NNC(=O)CNC(=O)c2ccccc2)nc2ccccc21. The zero-order chi connectivity index (χ0) is 19.9. The van der Waals surface area contributed by atoms with Crippen molar-refractivity contribution in [1.29, 1.82) is 0 Å². The average molecular weight is 377 g/mol. The topological polar surface area (TPSA) is 88.4 Å². The van der Waals surface area contributed by atoms with Gasteiger partial charge in [-0.25, -0.2) is 10.4 Å². The van der Waals surface area contributed by atoms with Crippen LogP contribution >= 0.6 is 0 Å². The number of hydrazone groups is 1. The van der Waals surface area contributed by atoms with E-state index in [1.807, 2.05) is 30.3 Å². The molecular weight excluding hydrogens is 354 g/mol. The van der Waals surface area contributed by atoms with E-state index in [1.54, 1.807) is 24.3 Å². The Labute approximate surface area is 163 Å². The van der Waals surface area contributed by atoms with Gasteiger partial charge >= 0.3 is 0 Å². The third kappa shape index (κ3) is 4.82. The molecule has 0 bridgehead atoms. The third-order valence-corrected chi connectivity index (χ3v) is 4.05. The largest absolute Gasteiger partial charge is 0.343 e. The Balaban J connectivity index is 1.61. The Bertz CT molecular complexity index is 992. The van der Waals surface area contributed by atoms with E-state index in [9.17, 15) is 9.59 Å². The number of rotatable bonds is 7. The molecule has 0 spiro atoms. The molecule has 28 heavy (non-hydrogen) atoms. The first-order valence-electron chi connectivity index (χ1n) is 9.15. The normalized spacial score (nSPS) is 11.2. The van der Waals surface area contributed by atoms with Gasteiger partial charge in [0.2, 0.25) is 0 Å². The number of benzene rings is 2. The number of imidazole rings is 1. The van der Waals surface area contributed by atoms with Crippen molar-refractivity contribution >= 4 is 29.1 Å². The molecule has 0 atom stereocenters. The summed E-state index contributed by atoms with van der Waals surface area (Å²) in [5, 5.41) is 6.56. The smallest absolute Gasteiger partial charge is 0.259 e. The van der Waals surface area contributed by atoms with Gasteiger partial charge in [-0.2, -0.15) is 5.10 Å². The van der Waals surface area contributed by atoms with Gasteiger partial charge in [0.15, 0.2) is 5.82 Å². The Kier molecular flexibility index (Phi) is 6.16. The van der Waals surface area contributed by atoms with Crippen molar-refractivity contribution in [3.05, 3.63) is 66.0 Å². The number of amides is 2. The predicted octanol–water partition coefficient (Wildman–Crippen LogP) is 2.57. The first-order valence-corrected chi connectivity index (χ1v) is 9.15. The summed E-state index contributed by atoms with van der Waals surface area (Å²) in [5.41, 5.74) is 4.83. The van der Waals surface area contributed by atoms with Crippen molar-refractivity contribution in [2.75, 3.05) is 6.54 Å². The Morgan fingerprint density at radius 2 is 1.82 bits per heavy atom. The monoisotopic (exact) mass is 377 g/mol. The van der Waals surface area contributed by atoms with Gasteiger partial charge in [0.25, 0.3) is 11.8 Å². The van der Waals surface area contributed by atoms with Crippen LogP contribution in [0.15, 0.2) is 59.7 Å². The molecule has 2 amide bonds. The zero-order valence-electron chi connectivity index (χ0n) is 15.9. The standard InChI is InChI=1S/C21H23N5O2/c1-15(2)14-26-18-11-7-6-10-17(18)24-19(26)12-23-25-20(27)13-22-21(28)16-8-4-3-5-9-16/h3-12,15H,13-14H2,1-2H3,(H,22,28)(H,25,27). The molecule has 7 heteroatoms. The van der Waals surface area contributed by atoms with E-state index in [-0.39, 0.29) is 12.5 Å². The Morgan fingerprint density at radius 1 is 1.11 bits per heavy atom. The highest BCUT2D eigenvalue weighted by molar-refractivity contribution is 5.96. The van der Waals surface area contributed by atoms with Crippen LogP contribution in [0.1, 0.15) is 30.0 Å². The summed E-state index contributed by atoms with van der Waals surface area (Å²) in [6.45, 7) is 4.90. The van der Waals surface area contributed by atoms with Gasteiger partial charge in [-0.1, -0.05) is 44.2 Å². The number of para-hydroxylation sites is 2. The van der Waals surface area contributed by atoms with Crippen LogP contribution in [-0.2, 0) is 11.3 Å². The fraction of sp³-hybridized carbons (Fsp3) is 0.238. The summed E-state index contributed by atoms with van der Waals surface area (Å²) in [5.74, 6) is 0.390. The molecule has 0 aliphatic heterocycles. The number of hydrogen-bond acceptors (Lipinski definition) is 4. The van der Waals surface area contributed by atoms with Gasteiger partial charge in [-0.3, -0.25) is 9.59 Å². The molecule has 0 saturated carbocycles. The van der Waals surface area contributed by atoms with E-state index in [0.29, 0.717) is 17.3 Å². The second-order valence-electron chi connectivity index (χ2n) is 6.81. The van der Waals surface area contributed by atoms with Crippen LogP contribution in [0.25, 0.3) is 11.0 Å². The maximum Gasteiger partial charge on any atom is 0.259 e. The minimum atomic E-state index is -0.410. The lowest BCUT2D eigenvalue weighted by Crippen LogP contribution is -2.34. The summed E-state index contributed by atoms with van der Waals surface area (Å²) in [4.78, 5) is 28.5. The highest BCUT2D eigenvalue weighted by Crippen LogP contribution is 2.16. The average Bonchev–Trinajstić information content (AvgIpc) is 3.04. The number of hydrogen-bond donors (Lipinski definition) is 2. The van der Waals surface area contributed by atoms with Crippen molar-refractivity contribution < 1.29 is 9.59 Å². The maximum atomic E-state index is 11.9. The lowest BCUT2D eigenvalue weighted by atomic mass is 10.2. The molecule has 3 aromatic rings. The lowest BCUT2D eigenvalue weighted by molar-refractivity contribution is -0.120. The number of aromatic nitrogens is 2. The highest BCUT2D eigenvalue weighted by Gasteiger charge is 2.10. The molecule has 1 aromatic heterocycles. The molecule has 2 N–H and O–H groups in total. The molecule has 0 fully saturated rings. The molecule has 1 heterocycles. The first kappa shape index (κ1) is 19.3. The molecule has 144 valence electrons. The molecule has 7 nitrogen and oxygen atoms in total. The third-order valence-electron chi connectivity index (χ3n) is 4.05. The van der Waals surface area contributed by atoms with Crippen LogP contribution in [0.3, 0.4) is 0 Å². The van der Waals surface area contributed by atoms with Gasteiger partial charge in [-0.15, -0.1) is 0 Å². The van der Waals surface area contributed by atoms with Crippen LogP contribution in [-0.4, -0.2) is 34.1 Å². The number of carbonyl (C=O) groups is 2. The zero-order valence-corrected chi connectivity index (χ0v) is 15.9. The molecule has 2 aromatic carbocycles. The van der Waals surface area contributed by atoms with Crippen LogP contribution in [0.2, 0.25) is 0 Å². The van der Waals surface area contributed by atoms with Crippen LogP contribution < -0.4 is 10.7 Å². The van der Waals surface area contributed by atoms with Crippen molar-refractivity contribution in [2.24, 2.45) is 11.0 Å². The number of nitrogens with one attached hydrogen (secondary N) is 2. The Morgan fingerprint density at radius 3 is 2.57 bits per heavy atom. The first-order chi connectivity index (χ1) is 13.5. The van der Waals surface area contributed by atoms with E-state index in [2.05, 4.69) is 39.2 Å². The van der Waals surface area contributed by atoms with Crippen LogP contribution in [0, 0.1) is 5.92 Å². The van der Waals surface area contributed by atoms with E-state index < -0.39 is 5.91 Å². The van der Waals surface area contributed by atoms with E-state index in [4.69, 9.17) is 0 Å². The van der Waals surface area contributed by atoms with E-state index >= 15 is 0 Å². The van der Waals surface area contributed by atoms with Crippen molar-refractivity contribution in [2.45, 2.75) is 20.4 Å².